The van der Waals surface area contributed by atoms with Crippen LogP contribution in [-0.4, -0.2) is 28.8 Å². The maximum absolute atomic E-state index is 4.15. The third-order valence-electron chi connectivity index (χ3n) is 3.48. The zero-order valence-electron chi connectivity index (χ0n) is 9.82. The third kappa shape index (κ3) is 2.83. The number of halogens is 1. The molecular weight excluding hydrogens is 264 g/mol. The SMILES string of the molecule is CN(Cc1cccnc1)CC1(CBr)CCC1. The van der Waals surface area contributed by atoms with Crippen LogP contribution in [0.1, 0.15) is 24.8 Å². The summed E-state index contributed by atoms with van der Waals surface area (Å²) in [7, 11) is 2.20. The molecule has 1 fully saturated rings. The highest BCUT2D eigenvalue weighted by Gasteiger charge is 2.36. The second-order valence-electron chi connectivity index (χ2n) is 5.02. The van der Waals surface area contributed by atoms with Crippen LogP contribution in [0.15, 0.2) is 24.5 Å². The summed E-state index contributed by atoms with van der Waals surface area (Å²) >= 11 is 3.66. The number of nitrogens with zero attached hydrogens (tertiary/aromatic N) is 2. The van der Waals surface area contributed by atoms with Gasteiger partial charge in [0.1, 0.15) is 0 Å². The first-order valence-corrected chi connectivity index (χ1v) is 7.00. The van der Waals surface area contributed by atoms with Crippen LogP contribution in [-0.2, 0) is 6.54 Å². The summed E-state index contributed by atoms with van der Waals surface area (Å²) in [6.45, 7) is 2.19. The molecule has 0 saturated heterocycles. The van der Waals surface area contributed by atoms with E-state index in [9.17, 15) is 0 Å². The molecule has 1 aromatic rings. The summed E-state index contributed by atoms with van der Waals surface area (Å²) < 4.78 is 0. The number of alkyl halides is 1. The number of aromatic nitrogens is 1. The Kier molecular flexibility index (Phi) is 3.98. The van der Waals surface area contributed by atoms with Gasteiger partial charge >= 0.3 is 0 Å². The van der Waals surface area contributed by atoms with E-state index in [1.807, 2.05) is 18.5 Å². The normalized spacial score (nSPS) is 18.4. The van der Waals surface area contributed by atoms with Crippen LogP contribution in [0.4, 0.5) is 0 Å². The van der Waals surface area contributed by atoms with Gasteiger partial charge < -0.3 is 4.90 Å². The summed E-state index contributed by atoms with van der Waals surface area (Å²) in [6.07, 6.45) is 7.92. The zero-order valence-corrected chi connectivity index (χ0v) is 11.4. The predicted molar refractivity (Wildman–Crippen MR) is 70.6 cm³/mol. The molecule has 16 heavy (non-hydrogen) atoms. The fourth-order valence-electron chi connectivity index (χ4n) is 2.44. The van der Waals surface area contributed by atoms with E-state index >= 15 is 0 Å². The smallest absolute Gasteiger partial charge is 0.0312 e. The van der Waals surface area contributed by atoms with E-state index in [4.69, 9.17) is 0 Å². The van der Waals surface area contributed by atoms with E-state index in [1.165, 1.54) is 31.4 Å². The first-order chi connectivity index (χ1) is 7.74. The third-order valence-corrected chi connectivity index (χ3v) is 4.67. The van der Waals surface area contributed by atoms with Gasteiger partial charge in [-0.05, 0) is 36.9 Å². The molecule has 1 aliphatic carbocycles. The average Bonchev–Trinajstić information content (AvgIpc) is 2.25. The lowest BCUT2D eigenvalue weighted by atomic mass is 9.70. The van der Waals surface area contributed by atoms with Crippen molar-refractivity contribution in [1.29, 1.82) is 0 Å². The Morgan fingerprint density at radius 3 is 2.81 bits per heavy atom. The first-order valence-electron chi connectivity index (χ1n) is 5.88. The molecule has 0 aliphatic heterocycles. The molecule has 2 rings (SSSR count). The van der Waals surface area contributed by atoms with Gasteiger partial charge in [0.2, 0.25) is 0 Å². The largest absolute Gasteiger partial charge is 0.301 e. The lowest BCUT2D eigenvalue weighted by Gasteiger charge is -2.43. The van der Waals surface area contributed by atoms with Gasteiger partial charge in [-0.25, -0.2) is 0 Å². The molecule has 0 unspecified atom stereocenters. The summed E-state index contributed by atoms with van der Waals surface area (Å²) in [6, 6.07) is 4.15. The van der Waals surface area contributed by atoms with Crippen molar-refractivity contribution in [2.45, 2.75) is 25.8 Å². The molecule has 2 nitrogen and oxygen atoms in total. The maximum Gasteiger partial charge on any atom is 0.0312 e. The van der Waals surface area contributed by atoms with Crippen LogP contribution in [0.3, 0.4) is 0 Å². The summed E-state index contributed by atoms with van der Waals surface area (Å²) in [5, 5.41) is 1.14. The molecular formula is C13H19BrN2. The van der Waals surface area contributed by atoms with Gasteiger partial charge in [-0.1, -0.05) is 28.4 Å². The lowest BCUT2D eigenvalue weighted by molar-refractivity contribution is 0.102. The molecule has 1 aromatic heterocycles. The van der Waals surface area contributed by atoms with Crippen molar-refractivity contribution >= 4 is 15.9 Å². The fourth-order valence-corrected chi connectivity index (χ4v) is 3.18. The predicted octanol–water partition coefficient (Wildman–Crippen LogP) is 3.08. The van der Waals surface area contributed by atoms with Crippen molar-refractivity contribution in [2.24, 2.45) is 5.41 Å². The van der Waals surface area contributed by atoms with Gasteiger partial charge in [0.05, 0.1) is 0 Å². The van der Waals surface area contributed by atoms with Gasteiger partial charge in [-0.3, -0.25) is 4.98 Å². The Bertz CT molecular complexity index is 316. The summed E-state index contributed by atoms with van der Waals surface area (Å²) in [4.78, 5) is 6.57. The number of hydrogen-bond acceptors (Lipinski definition) is 2. The van der Waals surface area contributed by atoms with Crippen molar-refractivity contribution in [2.75, 3.05) is 18.9 Å². The molecule has 1 aliphatic rings. The molecule has 1 heterocycles. The van der Waals surface area contributed by atoms with E-state index in [0.717, 1.165) is 11.9 Å². The molecule has 0 bridgehead atoms. The van der Waals surface area contributed by atoms with Crippen molar-refractivity contribution in [3.8, 4) is 0 Å². The van der Waals surface area contributed by atoms with Crippen LogP contribution in [0, 0.1) is 5.41 Å². The van der Waals surface area contributed by atoms with Gasteiger partial charge in [-0.2, -0.15) is 0 Å². The van der Waals surface area contributed by atoms with E-state index < -0.39 is 0 Å². The molecule has 0 radical (unpaired) electrons. The lowest BCUT2D eigenvalue weighted by Crippen LogP contribution is -2.41. The number of rotatable bonds is 5. The van der Waals surface area contributed by atoms with Gasteiger partial charge in [0, 0.05) is 30.8 Å². The second-order valence-corrected chi connectivity index (χ2v) is 5.58. The fraction of sp³-hybridized carbons (Fsp3) is 0.615. The van der Waals surface area contributed by atoms with Crippen LogP contribution in [0.2, 0.25) is 0 Å². The highest BCUT2D eigenvalue weighted by Crippen LogP contribution is 2.42. The van der Waals surface area contributed by atoms with E-state index in [1.54, 1.807) is 0 Å². The zero-order chi connectivity index (χ0) is 11.4. The molecule has 1 saturated carbocycles. The monoisotopic (exact) mass is 282 g/mol. The molecule has 0 amide bonds. The molecule has 0 atom stereocenters. The minimum Gasteiger partial charge on any atom is -0.301 e. The second kappa shape index (κ2) is 5.28. The quantitative estimate of drug-likeness (QED) is 0.772. The topological polar surface area (TPSA) is 16.1 Å². The highest BCUT2D eigenvalue weighted by molar-refractivity contribution is 9.09. The Labute approximate surface area is 106 Å². The Hall–Kier alpha value is -0.410. The molecule has 88 valence electrons. The Morgan fingerprint density at radius 1 is 1.50 bits per heavy atom. The van der Waals surface area contributed by atoms with Gasteiger partial charge in [0.15, 0.2) is 0 Å². The molecule has 0 aromatic carbocycles. The van der Waals surface area contributed by atoms with Crippen molar-refractivity contribution in [1.82, 2.24) is 9.88 Å². The molecule has 0 N–H and O–H groups in total. The van der Waals surface area contributed by atoms with Crippen molar-refractivity contribution < 1.29 is 0 Å². The van der Waals surface area contributed by atoms with E-state index in [2.05, 4.69) is 38.9 Å². The van der Waals surface area contributed by atoms with Crippen LogP contribution in [0.25, 0.3) is 0 Å². The minimum atomic E-state index is 0.539. The van der Waals surface area contributed by atoms with Gasteiger partial charge in [0.25, 0.3) is 0 Å². The van der Waals surface area contributed by atoms with Gasteiger partial charge in [-0.15, -0.1) is 0 Å². The summed E-state index contributed by atoms with van der Waals surface area (Å²) in [5.41, 5.74) is 1.84. The summed E-state index contributed by atoms with van der Waals surface area (Å²) in [5.74, 6) is 0. The highest BCUT2D eigenvalue weighted by atomic mass is 79.9. The number of hydrogen-bond donors (Lipinski definition) is 0. The standard InChI is InChI=1S/C13H19BrN2/c1-16(9-12-4-2-7-15-8-12)11-13(10-14)5-3-6-13/h2,4,7-8H,3,5-6,9-11H2,1H3. The average molecular weight is 283 g/mol. The van der Waals surface area contributed by atoms with Crippen LogP contribution in [0.5, 0.6) is 0 Å². The van der Waals surface area contributed by atoms with E-state index in [0.29, 0.717) is 5.41 Å². The van der Waals surface area contributed by atoms with Crippen molar-refractivity contribution in [3.05, 3.63) is 30.1 Å². The Morgan fingerprint density at radius 2 is 2.31 bits per heavy atom. The molecule has 3 heteroatoms. The first kappa shape index (κ1) is 12.1. The van der Waals surface area contributed by atoms with E-state index in [-0.39, 0.29) is 0 Å². The Balaban J connectivity index is 1.87. The minimum absolute atomic E-state index is 0.539. The van der Waals surface area contributed by atoms with Crippen LogP contribution >= 0.6 is 15.9 Å². The van der Waals surface area contributed by atoms with Crippen molar-refractivity contribution in [3.63, 3.8) is 0 Å². The molecule has 0 spiro atoms. The number of pyridine rings is 1. The maximum atomic E-state index is 4.15. The van der Waals surface area contributed by atoms with Crippen LogP contribution < -0.4 is 0 Å².